The fourth-order valence-electron chi connectivity index (χ4n) is 1.45. The molecular weight excluding hydrogens is 124 g/mol. The zero-order valence-electron chi connectivity index (χ0n) is 6.34. The minimum absolute atomic E-state index is 0.653. The summed E-state index contributed by atoms with van der Waals surface area (Å²) in [6.45, 7) is 2.25. The molecule has 1 saturated carbocycles. The highest BCUT2D eigenvalue weighted by molar-refractivity contribution is 4.84. The number of hydrogen-bond acceptors (Lipinski definition) is 1. The topological polar surface area (TPSA) is 26.1 Å². The van der Waals surface area contributed by atoms with Gasteiger partial charge in [0.15, 0.2) is 0 Å². The fourth-order valence-corrected chi connectivity index (χ4v) is 1.45. The molecule has 0 amide bonds. The number of hydrogen-bond donors (Lipinski definition) is 1. The van der Waals surface area contributed by atoms with Crippen LogP contribution in [-0.4, -0.2) is 25.2 Å². The van der Waals surface area contributed by atoms with Gasteiger partial charge < -0.3 is 5.32 Å². The van der Waals surface area contributed by atoms with E-state index in [0.717, 1.165) is 19.1 Å². The molecule has 1 N–H and O–H groups in total. The lowest BCUT2D eigenvalue weighted by molar-refractivity contribution is 0.527. The van der Waals surface area contributed by atoms with Crippen LogP contribution in [0.5, 0.6) is 0 Å². The molecule has 0 spiro atoms. The molecule has 10 heavy (non-hydrogen) atoms. The van der Waals surface area contributed by atoms with E-state index in [0.29, 0.717) is 6.04 Å². The van der Waals surface area contributed by atoms with Crippen molar-refractivity contribution in [3.8, 4) is 0 Å². The Bertz CT molecular complexity index is 104. The second-order valence-corrected chi connectivity index (χ2v) is 3.38. The van der Waals surface area contributed by atoms with Crippen molar-refractivity contribution in [2.45, 2.75) is 37.8 Å². The third kappa shape index (κ3) is 1.70. The van der Waals surface area contributed by atoms with Gasteiger partial charge in [0.1, 0.15) is 0 Å². The van der Waals surface area contributed by atoms with Crippen LogP contribution in [0.1, 0.15) is 25.7 Å². The van der Waals surface area contributed by atoms with Crippen LogP contribution in [0.4, 0.5) is 0 Å². The molecule has 1 radical (unpaired) electrons. The van der Waals surface area contributed by atoms with Crippen LogP contribution in [0.25, 0.3) is 0 Å². The molecular formula is C8H15N2. The molecule has 2 fully saturated rings. The lowest BCUT2D eigenvalue weighted by Gasteiger charge is -2.08. The van der Waals surface area contributed by atoms with E-state index in [1.807, 2.05) is 0 Å². The quantitative estimate of drug-likeness (QED) is 0.605. The first-order chi connectivity index (χ1) is 4.95. The van der Waals surface area contributed by atoms with Gasteiger partial charge in [-0.15, -0.1) is 0 Å². The zero-order valence-corrected chi connectivity index (χ0v) is 6.34. The molecule has 2 heteroatoms. The molecule has 1 saturated heterocycles. The Hall–Kier alpha value is -0.0800. The van der Waals surface area contributed by atoms with E-state index < -0.39 is 0 Å². The first-order valence-corrected chi connectivity index (χ1v) is 4.35. The Kier molecular flexibility index (Phi) is 1.91. The first kappa shape index (κ1) is 6.62. The van der Waals surface area contributed by atoms with Crippen molar-refractivity contribution < 1.29 is 0 Å². The molecule has 1 aliphatic heterocycles. The predicted molar refractivity (Wildman–Crippen MR) is 41.0 cm³/mol. The van der Waals surface area contributed by atoms with Gasteiger partial charge in [-0.3, -0.25) is 0 Å². The van der Waals surface area contributed by atoms with E-state index in [2.05, 4.69) is 10.6 Å². The first-order valence-electron chi connectivity index (χ1n) is 4.35. The summed E-state index contributed by atoms with van der Waals surface area (Å²) in [4.78, 5) is 0. The number of rotatable bonds is 3. The normalized spacial score (nSPS) is 33.0. The zero-order chi connectivity index (χ0) is 6.81. The van der Waals surface area contributed by atoms with Gasteiger partial charge in [-0.2, -0.15) is 0 Å². The Morgan fingerprint density at radius 1 is 1.30 bits per heavy atom. The van der Waals surface area contributed by atoms with Crippen LogP contribution < -0.4 is 10.6 Å². The van der Waals surface area contributed by atoms with Gasteiger partial charge in [-0.25, -0.2) is 5.32 Å². The third-order valence-corrected chi connectivity index (χ3v) is 2.30. The fraction of sp³-hybridized carbons (Fsp3) is 1.00. The predicted octanol–water partition coefficient (Wildman–Crippen LogP) is 0.505. The molecule has 0 bridgehead atoms. The molecule has 57 valence electrons. The number of nitrogens with one attached hydrogen (secondary N) is 1. The van der Waals surface area contributed by atoms with Crippen LogP contribution in [0.3, 0.4) is 0 Å². The van der Waals surface area contributed by atoms with Gasteiger partial charge >= 0.3 is 0 Å². The second-order valence-electron chi connectivity index (χ2n) is 3.38. The van der Waals surface area contributed by atoms with Crippen molar-refractivity contribution >= 4 is 0 Å². The van der Waals surface area contributed by atoms with Gasteiger partial charge in [0.05, 0.1) is 0 Å². The van der Waals surface area contributed by atoms with Gasteiger partial charge in [0.2, 0.25) is 0 Å². The van der Waals surface area contributed by atoms with Crippen LogP contribution in [0.2, 0.25) is 0 Å². The third-order valence-electron chi connectivity index (χ3n) is 2.30. The second kappa shape index (κ2) is 2.89. The average Bonchev–Trinajstić information content (AvgIpc) is 2.63. The summed E-state index contributed by atoms with van der Waals surface area (Å²) in [6.07, 6.45) is 5.43. The van der Waals surface area contributed by atoms with Crippen LogP contribution >= 0.6 is 0 Å². The molecule has 0 aromatic carbocycles. The van der Waals surface area contributed by atoms with Crippen molar-refractivity contribution in [1.82, 2.24) is 10.6 Å². The van der Waals surface area contributed by atoms with Gasteiger partial charge in [0.25, 0.3) is 0 Å². The standard InChI is InChI=1S/C8H15N2/c1-2-8(9-5-1)6-10-7-3-4-7/h7-8,10H,1-6H2/t8-/m1/s1. The van der Waals surface area contributed by atoms with E-state index in [-0.39, 0.29) is 0 Å². The Morgan fingerprint density at radius 3 is 2.80 bits per heavy atom. The van der Waals surface area contributed by atoms with Crippen molar-refractivity contribution in [2.75, 3.05) is 13.1 Å². The Morgan fingerprint density at radius 2 is 2.20 bits per heavy atom. The molecule has 2 nitrogen and oxygen atoms in total. The van der Waals surface area contributed by atoms with E-state index in [4.69, 9.17) is 0 Å². The Labute approximate surface area is 62.4 Å². The highest BCUT2D eigenvalue weighted by Gasteiger charge is 2.23. The highest BCUT2D eigenvalue weighted by Crippen LogP contribution is 2.19. The van der Waals surface area contributed by atoms with Crippen LogP contribution in [-0.2, 0) is 0 Å². The maximum absolute atomic E-state index is 4.47. The maximum atomic E-state index is 4.47. The molecule has 2 rings (SSSR count). The van der Waals surface area contributed by atoms with Gasteiger partial charge in [-0.05, 0) is 25.7 Å². The highest BCUT2D eigenvalue weighted by atomic mass is 15.0. The molecule has 0 aromatic rings. The average molecular weight is 139 g/mol. The lowest BCUT2D eigenvalue weighted by Crippen LogP contribution is -2.31. The summed E-state index contributed by atoms with van der Waals surface area (Å²) in [5.41, 5.74) is 0. The van der Waals surface area contributed by atoms with E-state index in [1.54, 1.807) is 0 Å². The van der Waals surface area contributed by atoms with Crippen molar-refractivity contribution in [1.29, 1.82) is 0 Å². The molecule has 1 aliphatic carbocycles. The summed E-state index contributed by atoms with van der Waals surface area (Å²) in [5, 5.41) is 7.98. The van der Waals surface area contributed by atoms with E-state index >= 15 is 0 Å². The minimum Gasteiger partial charge on any atom is -0.312 e. The molecule has 0 unspecified atom stereocenters. The molecule has 1 heterocycles. The van der Waals surface area contributed by atoms with E-state index in [9.17, 15) is 0 Å². The van der Waals surface area contributed by atoms with E-state index in [1.165, 1.54) is 25.7 Å². The molecule has 1 atom stereocenters. The van der Waals surface area contributed by atoms with Crippen LogP contribution in [0, 0.1) is 0 Å². The van der Waals surface area contributed by atoms with Gasteiger partial charge in [0, 0.05) is 25.2 Å². The summed E-state index contributed by atoms with van der Waals surface area (Å²) in [6, 6.07) is 1.51. The van der Waals surface area contributed by atoms with Crippen LogP contribution in [0.15, 0.2) is 0 Å². The minimum atomic E-state index is 0.653. The monoisotopic (exact) mass is 139 g/mol. The summed E-state index contributed by atoms with van der Waals surface area (Å²) in [7, 11) is 0. The van der Waals surface area contributed by atoms with Crippen molar-refractivity contribution in [3.05, 3.63) is 0 Å². The SMILES string of the molecule is C1C[N][C@@H](CNC2CC2)C1. The number of nitrogens with zero attached hydrogens (tertiary/aromatic N) is 1. The smallest absolute Gasteiger partial charge is 0.0371 e. The summed E-state index contributed by atoms with van der Waals surface area (Å²) in [5.74, 6) is 0. The lowest BCUT2D eigenvalue weighted by atomic mass is 10.2. The molecule has 2 aliphatic rings. The summed E-state index contributed by atoms with van der Waals surface area (Å²) < 4.78 is 0. The maximum Gasteiger partial charge on any atom is 0.0371 e. The van der Waals surface area contributed by atoms with Crippen molar-refractivity contribution in [2.24, 2.45) is 0 Å². The van der Waals surface area contributed by atoms with Gasteiger partial charge in [-0.1, -0.05) is 0 Å². The Balaban J connectivity index is 1.59. The summed E-state index contributed by atoms with van der Waals surface area (Å²) >= 11 is 0. The largest absolute Gasteiger partial charge is 0.312 e. The molecule has 0 aromatic heterocycles. The van der Waals surface area contributed by atoms with Crippen molar-refractivity contribution in [3.63, 3.8) is 0 Å².